The van der Waals surface area contributed by atoms with Gasteiger partial charge in [-0.3, -0.25) is 4.98 Å². The molecule has 0 radical (unpaired) electrons. The molecule has 0 amide bonds. The van der Waals surface area contributed by atoms with Gasteiger partial charge in [0.1, 0.15) is 0 Å². The average Bonchev–Trinajstić information content (AvgIpc) is 3.64. The van der Waals surface area contributed by atoms with Crippen LogP contribution in [-0.4, -0.2) is 4.98 Å². The number of aromatic nitrogens is 1. The quantitative estimate of drug-likeness (QED) is 0.205. The highest BCUT2D eigenvalue weighted by Crippen LogP contribution is 2.44. The van der Waals surface area contributed by atoms with E-state index in [1.54, 1.807) is 0 Å². The second kappa shape index (κ2) is 9.77. The molecular formula is C39H24N2S2. The maximum atomic E-state index is 4.60. The number of fused-ring (bicyclic) bond motifs is 8. The lowest BCUT2D eigenvalue weighted by Crippen LogP contribution is -2.09. The highest BCUT2D eigenvalue weighted by Gasteiger charge is 2.17. The van der Waals surface area contributed by atoms with Crippen molar-refractivity contribution in [3.05, 3.63) is 146 Å². The van der Waals surface area contributed by atoms with Crippen molar-refractivity contribution in [2.75, 3.05) is 4.90 Å². The Kier molecular flexibility index (Phi) is 5.58. The van der Waals surface area contributed by atoms with Gasteiger partial charge < -0.3 is 4.90 Å². The molecular weight excluding hydrogens is 561 g/mol. The number of anilines is 3. The molecule has 3 aromatic heterocycles. The average molecular weight is 585 g/mol. The summed E-state index contributed by atoms with van der Waals surface area (Å²) in [5, 5.41) is 6.39. The van der Waals surface area contributed by atoms with Gasteiger partial charge in [0, 0.05) is 69.0 Å². The highest BCUT2D eigenvalue weighted by atomic mass is 32.1. The van der Waals surface area contributed by atoms with E-state index in [1.807, 2.05) is 34.9 Å². The van der Waals surface area contributed by atoms with Crippen LogP contribution in [0.4, 0.5) is 17.1 Å². The van der Waals surface area contributed by atoms with Crippen molar-refractivity contribution in [1.29, 1.82) is 0 Å². The maximum absolute atomic E-state index is 4.60. The van der Waals surface area contributed by atoms with E-state index in [0.29, 0.717) is 0 Å². The zero-order valence-electron chi connectivity index (χ0n) is 23.1. The monoisotopic (exact) mass is 584 g/mol. The summed E-state index contributed by atoms with van der Waals surface area (Å²) < 4.78 is 5.20. The molecule has 9 rings (SSSR count). The highest BCUT2D eigenvalue weighted by molar-refractivity contribution is 7.26. The number of pyridine rings is 1. The Balaban J connectivity index is 1.24. The summed E-state index contributed by atoms with van der Waals surface area (Å²) in [5.74, 6) is 0. The molecule has 0 aliphatic rings. The topological polar surface area (TPSA) is 16.1 Å². The first-order valence-corrected chi connectivity index (χ1v) is 16.0. The zero-order chi connectivity index (χ0) is 28.3. The minimum Gasteiger partial charge on any atom is -0.310 e. The first-order valence-electron chi connectivity index (χ1n) is 14.4. The molecule has 9 aromatic rings. The van der Waals surface area contributed by atoms with Crippen molar-refractivity contribution < 1.29 is 0 Å². The Morgan fingerprint density at radius 1 is 0.419 bits per heavy atom. The molecule has 0 bridgehead atoms. The molecule has 202 valence electrons. The van der Waals surface area contributed by atoms with E-state index in [2.05, 4.69) is 143 Å². The summed E-state index contributed by atoms with van der Waals surface area (Å²) in [6.45, 7) is 0. The minimum absolute atomic E-state index is 1.04. The summed E-state index contributed by atoms with van der Waals surface area (Å²) >= 11 is 3.71. The number of hydrogen-bond acceptors (Lipinski definition) is 4. The molecule has 0 atom stereocenters. The van der Waals surface area contributed by atoms with Gasteiger partial charge >= 0.3 is 0 Å². The molecule has 0 aliphatic carbocycles. The van der Waals surface area contributed by atoms with Gasteiger partial charge in [-0.05, 0) is 77.9 Å². The fraction of sp³-hybridized carbons (Fsp3) is 0. The van der Waals surface area contributed by atoms with E-state index in [1.165, 1.54) is 56.9 Å². The van der Waals surface area contributed by atoms with Gasteiger partial charge in [0.05, 0.1) is 5.52 Å². The van der Waals surface area contributed by atoms with Crippen LogP contribution in [0.2, 0.25) is 0 Å². The SMILES string of the molecule is c1ccc(-c2ccc(N(c3ccc4c(c3)sc3c5cccnc5ccc43)c3ccc4sc5ccccc5c4c3)cc2)cc1. The summed E-state index contributed by atoms with van der Waals surface area (Å²) in [6.07, 6.45) is 1.87. The van der Waals surface area contributed by atoms with E-state index >= 15 is 0 Å². The lowest BCUT2D eigenvalue weighted by Gasteiger charge is -2.26. The van der Waals surface area contributed by atoms with Crippen LogP contribution in [-0.2, 0) is 0 Å². The van der Waals surface area contributed by atoms with Gasteiger partial charge in [-0.1, -0.05) is 72.8 Å². The normalized spacial score (nSPS) is 11.7. The van der Waals surface area contributed by atoms with Crippen LogP contribution in [0.5, 0.6) is 0 Å². The summed E-state index contributed by atoms with van der Waals surface area (Å²) in [7, 11) is 0. The molecule has 0 fully saturated rings. The van der Waals surface area contributed by atoms with Gasteiger partial charge in [0.15, 0.2) is 0 Å². The molecule has 3 heterocycles. The van der Waals surface area contributed by atoms with Crippen LogP contribution >= 0.6 is 22.7 Å². The Morgan fingerprint density at radius 3 is 2.00 bits per heavy atom. The lowest BCUT2D eigenvalue weighted by molar-refractivity contribution is 1.30. The smallest absolute Gasteiger partial charge is 0.0716 e. The molecule has 0 aliphatic heterocycles. The summed E-state index contributed by atoms with van der Waals surface area (Å²) in [6, 6.07) is 50.6. The molecule has 4 heteroatoms. The van der Waals surface area contributed by atoms with E-state index in [0.717, 1.165) is 22.6 Å². The van der Waals surface area contributed by atoms with Gasteiger partial charge in [-0.15, -0.1) is 22.7 Å². The van der Waals surface area contributed by atoms with Crippen molar-refractivity contribution >= 4 is 91.0 Å². The number of hydrogen-bond donors (Lipinski definition) is 0. The van der Waals surface area contributed by atoms with E-state index in [9.17, 15) is 0 Å². The van der Waals surface area contributed by atoms with E-state index < -0.39 is 0 Å². The van der Waals surface area contributed by atoms with Crippen LogP contribution in [0.1, 0.15) is 0 Å². The van der Waals surface area contributed by atoms with E-state index in [4.69, 9.17) is 0 Å². The largest absolute Gasteiger partial charge is 0.310 e. The third-order valence-electron chi connectivity index (χ3n) is 8.31. The molecule has 2 nitrogen and oxygen atoms in total. The molecule has 0 saturated carbocycles. The molecule has 0 unspecified atom stereocenters. The summed E-state index contributed by atoms with van der Waals surface area (Å²) in [4.78, 5) is 6.99. The Hall–Kier alpha value is -5.03. The molecule has 0 N–H and O–H groups in total. The molecule has 6 aromatic carbocycles. The van der Waals surface area contributed by atoms with Gasteiger partial charge in [0.25, 0.3) is 0 Å². The molecule has 0 saturated heterocycles. The third-order valence-corrected chi connectivity index (χ3v) is 10.7. The van der Waals surface area contributed by atoms with E-state index in [-0.39, 0.29) is 0 Å². The first kappa shape index (κ1) is 24.6. The van der Waals surface area contributed by atoms with Crippen molar-refractivity contribution in [3.8, 4) is 11.1 Å². The van der Waals surface area contributed by atoms with Gasteiger partial charge in [-0.2, -0.15) is 0 Å². The Labute approximate surface area is 256 Å². The number of nitrogens with zero attached hydrogens (tertiary/aromatic N) is 2. The number of rotatable bonds is 4. The predicted octanol–water partition coefficient (Wildman–Crippen LogP) is 12.1. The van der Waals surface area contributed by atoms with Crippen LogP contribution in [0.25, 0.3) is 62.4 Å². The zero-order valence-corrected chi connectivity index (χ0v) is 24.7. The molecule has 43 heavy (non-hydrogen) atoms. The van der Waals surface area contributed by atoms with Crippen LogP contribution in [0.15, 0.2) is 146 Å². The fourth-order valence-corrected chi connectivity index (χ4v) is 8.59. The van der Waals surface area contributed by atoms with Crippen LogP contribution < -0.4 is 4.90 Å². The van der Waals surface area contributed by atoms with Crippen molar-refractivity contribution in [2.24, 2.45) is 0 Å². The van der Waals surface area contributed by atoms with Crippen LogP contribution in [0.3, 0.4) is 0 Å². The lowest BCUT2D eigenvalue weighted by atomic mass is 10.0. The first-order chi connectivity index (χ1) is 21.3. The maximum Gasteiger partial charge on any atom is 0.0716 e. The third kappa shape index (κ3) is 4.03. The van der Waals surface area contributed by atoms with Crippen molar-refractivity contribution in [3.63, 3.8) is 0 Å². The van der Waals surface area contributed by atoms with Crippen molar-refractivity contribution in [1.82, 2.24) is 4.98 Å². The Bertz CT molecular complexity index is 2450. The van der Waals surface area contributed by atoms with Gasteiger partial charge in [-0.25, -0.2) is 0 Å². The Morgan fingerprint density at radius 2 is 1.09 bits per heavy atom. The second-order valence-electron chi connectivity index (χ2n) is 10.8. The van der Waals surface area contributed by atoms with Gasteiger partial charge in [0.2, 0.25) is 0 Å². The molecule has 0 spiro atoms. The van der Waals surface area contributed by atoms with Crippen LogP contribution in [0, 0.1) is 0 Å². The number of thiophene rings is 2. The number of benzene rings is 6. The second-order valence-corrected chi connectivity index (χ2v) is 13.0. The predicted molar refractivity (Wildman–Crippen MR) is 188 cm³/mol. The standard InChI is InChI=1S/C39H24N2S2/c1-2-7-25(8-3-1)26-12-14-27(15-13-26)41(28-17-21-37-34(23-28)30-9-4-5-11-36(30)42-37)29-16-18-31-32-19-20-35-33(10-6-22-40-35)39(32)43-38(31)24-29/h1-24H. The summed E-state index contributed by atoms with van der Waals surface area (Å²) in [5.41, 5.74) is 6.91. The minimum atomic E-state index is 1.04. The van der Waals surface area contributed by atoms with Crippen molar-refractivity contribution in [2.45, 2.75) is 0 Å². The fourth-order valence-electron chi connectivity index (χ4n) is 6.25.